The third-order valence-electron chi connectivity index (χ3n) is 6.07. The molecule has 2 aliphatic rings. The van der Waals surface area contributed by atoms with Gasteiger partial charge in [0.1, 0.15) is 0 Å². The first-order valence-electron chi connectivity index (χ1n) is 9.67. The largest absolute Gasteiger partial charge is 0.273 e. The predicted molar refractivity (Wildman–Crippen MR) is 105 cm³/mol. The topological polar surface area (TPSA) is 54.5 Å². The van der Waals surface area contributed by atoms with E-state index in [1.165, 1.54) is 0 Å². The maximum atomic E-state index is 13.3. The third-order valence-corrected chi connectivity index (χ3v) is 7.84. The molecule has 1 saturated carbocycles. The molecule has 0 aromatic heterocycles. The van der Waals surface area contributed by atoms with E-state index in [-0.39, 0.29) is 10.8 Å². The van der Waals surface area contributed by atoms with Crippen molar-refractivity contribution in [2.24, 2.45) is 5.41 Å². The maximum absolute atomic E-state index is 13.3. The second kappa shape index (κ2) is 6.79. The van der Waals surface area contributed by atoms with Gasteiger partial charge in [-0.3, -0.25) is 4.79 Å². The lowest BCUT2D eigenvalue weighted by Gasteiger charge is -2.55. The van der Waals surface area contributed by atoms with Crippen LogP contribution in [0.2, 0.25) is 0 Å². The first-order valence-corrected chi connectivity index (χ1v) is 11.1. The fourth-order valence-corrected chi connectivity index (χ4v) is 6.33. The van der Waals surface area contributed by atoms with Crippen molar-refractivity contribution in [3.05, 3.63) is 65.7 Å². The second-order valence-electron chi connectivity index (χ2n) is 7.80. The highest BCUT2D eigenvalue weighted by Gasteiger charge is 2.64. The molecule has 4 rings (SSSR count). The number of carbonyl (C=O) groups excluding carboxylic acids is 1. The number of β-lactam (4-membered cyclic amide) rings is 1. The summed E-state index contributed by atoms with van der Waals surface area (Å²) < 4.78 is 27.8. The molecule has 1 spiro atoms. The number of nitrogens with zero attached hydrogens (tertiary/aromatic N) is 1. The van der Waals surface area contributed by atoms with E-state index in [4.69, 9.17) is 0 Å². The summed E-state index contributed by atoms with van der Waals surface area (Å²) in [5, 5.41) is 0. The van der Waals surface area contributed by atoms with Crippen LogP contribution in [-0.2, 0) is 14.8 Å². The van der Waals surface area contributed by atoms with Gasteiger partial charge in [-0.15, -0.1) is 0 Å². The third kappa shape index (κ3) is 2.89. The molecule has 27 heavy (non-hydrogen) atoms. The highest BCUT2D eigenvalue weighted by atomic mass is 32.2. The van der Waals surface area contributed by atoms with Crippen molar-refractivity contribution in [1.82, 2.24) is 4.31 Å². The summed E-state index contributed by atoms with van der Waals surface area (Å²) in [6, 6.07) is 16.0. The maximum Gasteiger partial charge on any atom is 0.267 e. The van der Waals surface area contributed by atoms with Crippen molar-refractivity contribution in [3.8, 4) is 0 Å². The molecule has 0 N–H and O–H groups in total. The fraction of sp³-hybridized carbons (Fsp3) is 0.409. The number of hydrogen-bond donors (Lipinski definition) is 0. The molecule has 1 amide bonds. The van der Waals surface area contributed by atoms with Crippen LogP contribution in [0.15, 0.2) is 59.5 Å². The van der Waals surface area contributed by atoms with Gasteiger partial charge in [0, 0.05) is 0 Å². The van der Waals surface area contributed by atoms with Crippen LogP contribution in [0.4, 0.5) is 0 Å². The van der Waals surface area contributed by atoms with E-state index in [9.17, 15) is 13.2 Å². The first-order chi connectivity index (χ1) is 13.0. The van der Waals surface area contributed by atoms with Crippen molar-refractivity contribution in [1.29, 1.82) is 0 Å². The Morgan fingerprint density at radius 2 is 1.48 bits per heavy atom. The van der Waals surface area contributed by atoms with Crippen LogP contribution in [0.3, 0.4) is 0 Å². The van der Waals surface area contributed by atoms with Crippen LogP contribution in [0.1, 0.15) is 55.7 Å². The lowest BCUT2D eigenvalue weighted by atomic mass is 9.65. The van der Waals surface area contributed by atoms with Gasteiger partial charge in [-0.2, -0.15) is 0 Å². The number of aryl methyl sites for hydroxylation is 1. The van der Waals surface area contributed by atoms with Gasteiger partial charge in [0.15, 0.2) is 0 Å². The van der Waals surface area contributed by atoms with Gasteiger partial charge >= 0.3 is 0 Å². The normalized spacial score (nSPS) is 22.3. The average Bonchev–Trinajstić information content (AvgIpc) is 2.94. The number of carbonyl (C=O) groups is 1. The number of hydrogen-bond acceptors (Lipinski definition) is 3. The molecule has 142 valence electrons. The van der Waals surface area contributed by atoms with Crippen LogP contribution < -0.4 is 0 Å². The molecule has 1 atom stereocenters. The summed E-state index contributed by atoms with van der Waals surface area (Å²) in [4.78, 5) is 13.5. The Bertz CT molecular complexity index is 927. The molecule has 1 saturated heterocycles. The van der Waals surface area contributed by atoms with Gasteiger partial charge < -0.3 is 0 Å². The van der Waals surface area contributed by atoms with Crippen LogP contribution in [0, 0.1) is 12.3 Å². The molecule has 0 bridgehead atoms. The minimum atomic E-state index is -3.87. The number of rotatable bonds is 3. The molecule has 0 unspecified atom stereocenters. The van der Waals surface area contributed by atoms with Crippen LogP contribution in [-0.4, -0.2) is 18.6 Å². The number of benzene rings is 2. The Kier molecular flexibility index (Phi) is 4.58. The minimum absolute atomic E-state index is 0.186. The SMILES string of the molecule is Cc1ccc(S(=O)(=O)N2C(=O)C3(CCCCCC3)[C@@H]2c2ccccc2)cc1. The highest BCUT2D eigenvalue weighted by molar-refractivity contribution is 7.89. The van der Waals surface area contributed by atoms with E-state index in [0.29, 0.717) is 0 Å². The van der Waals surface area contributed by atoms with Gasteiger partial charge in [0.2, 0.25) is 5.91 Å². The van der Waals surface area contributed by atoms with Gasteiger partial charge in [0.05, 0.1) is 16.4 Å². The van der Waals surface area contributed by atoms with Gasteiger partial charge in [-0.1, -0.05) is 73.7 Å². The lowest BCUT2D eigenvalue weighted by molar-refractivity contribution is -0.163. The predicted octanol–water partition coefficient (Wildman–Crippen LogP) is 4.61. The molecule has 4 nitrogen and oxygen atoms in total. The molecule has 1 aliphatic heterocycles. The Labute approximate surface area is 161 Å². The van der Waals surface area contributed by atoms with Crippen molar-refractivity contribution >= 4 is 15.9 Å². The fourth-order valence-electron chi connectivity index (χ4n) is 4.62. The van der Waals surface area contributed by atoms with Gasteiger partial charge in [-0.05, 0) is 37.5 Å². The van der Waals surface area contributed by atoms with E-state index in [1.54, 1.807) is 24.3 Å². The molecule has 0 radical (unpaired) electrons. The average molecular weight is 384 g/mol. The van der Waals surface area contributed by atoms with Crippen LogP contribution in [0.25, 0.3) is 0 Å². The molecule has 2 aromatic carbocycles. The van der Waals surface area contributed by atoms with E-state index in [2.05, 4.69) is 0 Å². The summed E-state index contributed by atoms with van der Waals surface area (Å²) >= 11 is 0. The molecule has 2 fully saturated rings. The van der Waals surface area contributed by atoms with Crippen molar-refractivity contribution < 1.29 is 13.2 Å². The monoisotopic (exact) mass is 383 g/mol. The number of sulfonamides is 1. The van der Waals surface area contributed by atoms with Crippen LogP contribution in [0.5, 0.6) is 0 Å². The minimum Gasteiger partial charge on any atom is -0.273 e. The van der Waals surface area contributed by atoms with Gasteiger partial charge in [-0.25, -0.2) is 12.7 Å². The zero-order chi connectivity index (χ0) is 19.1. The molecule has 1 aliphatic carbocycles. The van der Waals surface area contributed by atoms with Crippen LogP contribution >= 0.6 is 0 Å². The van der Waals surface area contributed by atoms with E-state index >= 15 is 0 Å². The Hall–Kier alpha value is -2.14. The van der Waals surface area contributed by atoms with Crippen molar-refractivity contribution in [2.45, 2.75) is 56.4 Å². The lowest BCUT2D eigenvalue weighted by Crippen LogP contribution is -2.64. The Morgan fingerprint density at radius 1 is 0.889 bits per heavy atom. The summed E-state index contributed by atoms with van der Waals surface area (Å²) in [5.41, 5.74) is 1.33. The van der Waals surface area contributed by atoms with E-state index < -0.39 is 21.5 Å². The molecule has 1 heterocycles. The van der Waals surface area contributed by atoms with Crippen molar-refractivity contribution in [3.63, 3.8) is 0 Å². The van der Waals surface area contributed by atoms with Gasteiger partial charge in [0.25, 0.3) is 10.0 Å². The van der Waals surface area contributed by atoms with E-state index in [0.717, 1.165) is 54.0 Å². The number of amides is 1. The molecular formula is C22H25NO3S. The summed E-state index contributed by atoms with van der Waals surface area (Å²) in [6.07, 6.45) is 5.72. The zero-order valence-corrected chi connectivity index (χ0v) is 16.4. The second-order valence-corrected chi connectivity index (χ2v) is 9.62. The first kappa shape index (κ1) is 18.2. The standard InChI is InChI=1S/C22H25NO3S/c1-17-11-13-19(14-12-17)27(25,26)23-20(18-9-5-4-6-10-18)22(21(23)24)15-7-2-3-8-16-22/h4-6,9-14,20H,2-3,7-8,15-16H2,1H3/t20-/m0/s1. The zero-order valence-electron chi connectivity index (χ0n) is 15.6. The summed E-state index contributed by atoms with van der Waals surface area (Å²) in [6.45, 7) is 1.92. The Morgan fingerprint density at radius 3 is 2.07 bits per heavy atom. The van der Waals surface area contributed by atoms with Crippen molar-refractivity contribution in [2.75, 3.05) is 0 Å². The summed E-state index contributed by atoms with van der Waals surface area (Å²) in [7, 11) is -3.87. The molecule has 2 aromatic rings. The summed E-state index contributed by atoms with van der Waals surface area (Å²) in [5.74, 6) is -0.223. The highest BCUT2D eigenvalue weighted by Crippen LogP contribution is 2.58. The smallest absolute Gasteiger partial charge is 0.267 e. The quantitative estimate of drug-likeness (QED) is 0.728. The Balaban J connectivity index is 1.80. The molecule has 5 heteroatoms. The van der Waals surface area contributed by atoms with E-state index in [1.807, 2.05) is 37.3 Å². The molecular weight excluding hydrogens is 358 g/mol.